The minimum Gasteiger partial charge on any atom is -0.465 e. The number of nitrogens with zero attached hydrogens (tertiary/aromatic N) is 3. The van der Waals surface area contributed by atoms with Crippen molar-refractivity contribution in [3.63, 3.8) is 0 Å². The standard InChI is InChI=1S/C38H45N7O6/c1-23-6-11-29(21-31(23)36(48)50-5)26-12-7-24(8-13-26)20-32(35(47)40-30-18-16-27(17-19-30)33-42-44-45-43-33)41-34(46)28-14-9-25(10-15-28)22-39-37(49)51-38(2,3)4/h6-8,11-13,16-19,21,25,28,32H,9-10,14-15,20,22H2,1-5H3,(H,39,49)(H,40,47)(H,41,46)(H,42,43,44,45)/t25?,28?,32-/m0/s1. The van der Waals surface area contributed by atoms with Crippen LogP contribution in [0, 0.1) is 18.8 Å². The van der Waals surface area contributed by atoms with Gasteiger partial charge in [0.15, 0.2) is 0 Å². The number of amides is 3. The third kappa shape index (κ3) is 10.2. The van der Waals surface area contributed by atoms with Crippen LogP contribution in [0.25, 0.3) is 22.5 Å². The van der Waals surface area contributed by atoms with Crippen molar-refractivity contribution < 1.29 is 28.7 Å². The molecule has 0 bridgehead atoms. The number of methoxy groups -OCH3 is 1. The van der Waals surface area contributed by atoms with Gasteiger partial charge in [0.1, 0.15) is 11.6 Å². The predicted molar refractivity (Wildman–Crippen MR) is 192 cm³/mol. The second-order valence-electron chi connectivity index (χ2n) is 13.9. The summed E-state index contributed by atoms with van der Waals surface area (Å²) in [7, 11) is 1.36. The van der Waals surface area contributed by atoms with Crippen LogP contribution in [0.2, 0.25) is 0 Å². The average molecular weight is 696 g/mol. The molecule has 51 heavy (non-hydrogen) atoms. The van der Waals surface area contributed by atoms with Crippen molar-refractivity contribution >= 4 is 29.6 Å². The number of hydrogen-bond acceptors (Lipinski definition) is 9. The first-order valence-corrected chi connectivity index (χ1v) is 17.1. The molecule has 0 radical (unpaired) electrons. The van der Waals surface area contributed by atoms with Crippen molar-refractivity contribution in [1.82, 2.24) is 31.3 Å². The van der Waals surface area contributed by atoms with E-state index in [-0.39, 0.29) is 30.1 Å². The number of nitrogens with one attached hydrogen (secondary N) is 4. The van der Waals surface area contributed by atoms with Crippen LogP contribution in [0.5, 0.6) is 0 Å². The van der Waals surface area contributed by atoms with E-state index in [0.29, 0.717) is 36.5 Å². The normalized spacial score (nSPS) is 16.4. The summed E-state index contributed by atoms with van der Waals surface area (Å²) in [6, 6.07) is 19.5. The number of aromatic amines is 1. The van der Waals surface area contributed by atoms with Gasteiger partial charge in [-0.15, -0.1) is 10.2 Å². The zero-order valence-corrected chi connectivity index (χ0v) is 29.6. The highest BCUT2D eigenvalue weighted by molar-refractivity contribution is 5.98. The number of aryl methyl sites for hydroxylation is 1. The molecule has 4 aromatic rings. The number of aromatic nitrogens is 4. The highest BCUT2D eigenvalue weighted by atomic mass is 16.6. The van der Waals surface area contributed by atoms with E-state index in [2.05, 4.69) is 36.6 Å². The van der Waals surface area contributed by atoms with Crippen molar-refractivity contribution in [1.29, 1.82) is 0 Å². The second kappa shape index (κ2) is 16.4. The Bertz CT molecular complexity index is 1810. The van der Waals surface area contributed by atoms with Gasteiger partial charge in [-0.3, -0.25) is 9.59 Å². The van der Waals surface area contributed by atoms with Crippen LogP contribution in [0.1, 0.15) is 67.9 Å². The van der Waals surface area contributed by atoms with Gasteiger partial charge in [0.25, 0.3) is 0 Å². The van der Waals surface area contributed by atoms with Gasteiger partial charge in [-0.2, -0.15) is 5.21 Å². The zero-order chi connectivity index (χ0) is 36.5. The maximum Gasteiger partial charge on any atom is 0.407 e. The third-order valence-corrected chi connectivity index (χ3v) is 8.91. The Kier molecular flexibility index (Phi) is 11.8. The number of rotatable bonds is 11. The maximum atomic E-state index is 13.7. The molecule has 1 aliphatic rings. The molecule has 1 aromatic heterocycles. The summed E-state index contributed by atoms with van der Waals surface area (Å²) in [6.07, 6.45) is 2.66. The average Bonchev–Trinajstić information content (AvgIpc) is 3.66. The maximum absolute atomic E-state index is 13.7. The third-order valence-electron chi connectivity index (χ3n) is 8.91. The summed E-state index contributed by atoms with van der Waals surface area (Å²) in [6.45, 7) is 7.81. The van der Waals surface area contributed by atoms with E-state index in [0.717, 1.165) is 40.7 Å². The molecule has 3 amide bonds. The molecular weight excluding hydrogens is 650 g/mol. The molecule has 1 atom stereocenters. The molecule has 0 saturated heterocycles. The number of carbonyl (C=O) groups is 4. The summed E-state index contributed by atoms with van der Waals surface area (Å²) in [5.74, 6) is -0.494. The van der Waals surface area contributed by atoms with E-state index in [1.54, 1.807) is 30.3 Å². The Morgan fingerprint density at radius 1 is 0.902 bits per heavy atom. The van der Waals surface area contributed by atoms with Gasteiger partial charge < -0.3 is 25.4 Å². The lowest BCUT2D eigenvalue weighted by atomic mass is 9.81. The van der Waals surface area contributed by atoms with Gasteiger partial charge >= 0.3 is 12.1 Å². The molecular formula is C38H45N7O6. The van der Waals surface area contributed by atoms with Crippen molar-refractivity contribution in [3.05, 3.63) is 83.4 Å². The summed E-state index contributed by atoms with van der Waals surface area (Å²) >= 11 is 0. The minimum atomic E-state index is -0.850. The zero-order valence-electron chi connectivity index (χ0n) is 29.6. The highest BCUT2D eigenvalue weighted by Gasteiger charge is 2.30. The Morgan fingerprint density at radius 2 is 1.57 bits per heavy atom. The molecule has 0 aliphatic heterocycles. The summed E-state index contributed by atoms with van der Waals surface area (Å²) < 4.78 is 10.3. The molecule has 0 unspecified atom stereocenters. The number of carbonyl (C=O) groups excluding carboxylic acids is 4. The Morgan fingerprint density at radius 3 is 2.20 bits per heavy atom. The van der Waals surface area contributed by atoms with E-state index in [4.69, 9.17) is 9.47 Å². The number of hydrogen-bond donors (Lipinski definition) is 4. The quantitative estimate of drug-likeness (QED) is 0.145. The van der Waals surface area contributed by atoms with Gasteiger partial charge in [-0.05, 0) is 117 Å². The lowest BCUT2D eigenvalue weighted by Crippen LogP contribution is -2.48. The smallest absolute Gasteiger partial charge is 0.407 e. The largest absolute Gasteiger partial charge is 0.465 e. The number of benzene rings is 3. The number of alkyl carbamates (subject to hydrolysis) is 1. The van der Waals surface area contributed by atoms with E-state index >= 15 is 0 Å². The molecule has 13 nitrogen and oxygen atoms in total. The van der Waals surface area contributed by atoms with Crippen LogP contribution in [-0.4, -0.2) is 69.8 Å². The first-order chi connectivity index (χ1) is 24.4. The lowest BCUT2D eigenvalue weighted by molar-refractivity contribution is -0.130. The van der Waals surface area contributed by atoms with Crippen molar-refractivity contribution in [2.24, 2.45) is 11.8 Å². The van der Waals surface area contributed by atoms with Crippen LogP contribution in [0.3, 0.4) is 0 Å². The Balaban J connectivity index is 1.26. The molecule has 268 valence electrons. The molecule has 0 spiro atoms. The number of tetrazole rings is 1. The van der Waals surface area contributed by atoms with Gasteiger partial charge in [-0.25, -0.2) is 9.59 Å². The first kappa shape index (κ1) is 36.7. The Labute approximate surface area is 297 Å². The van der Waals surface area contributed by atoms with Crippen LogP contribution >= 0.6 is 0 Å². The molecule has 3 aromatic carbocycles. The summed E-state index contributed by atoms with van der Waals surface area (Å²) in [5, 5.41) is 22.8. The topological polar surface area (TPSA) is 177 Å². The fourth-order valence-corrected chi connectivity index (χ4v) is 6.09. The Hall–Kier alpha value is -5.59. The van der Waals surface area contributed by atoms with E-state index in [1.807, 2.05) is 64.1 Å². The van der Waals surface area contributed by atoms with Gasteiger partial charge in [0.05, 0.1) is 12.7 Å². The van der Waals surface area contributed by atoms with Crippen LogP contribution in [0.15, 0.2) is 66.7 Å². The molecule has 5 rings (SSSR count). The minimum absolute atomic E-state index is 0.173. The number of H-pyrrole nitrogens is 1. The SMILES string of the molecule is COC(=O)c1cc(-c2ccc(C[C@H](NC(=O)C3CCC(CNC(=O)OC(C)(C)C)CC3)C(=O)Nc3ccc(-c4nn[nH]n4)cc3)cc2)ccc1C. The predicted octanol–water partition coefficient (Wildman–Crippen LogP) is 5.63. The molecule has 1 saturated carbocycles. The van der Waals surface area contributed by atoms with Gasteiger partial charge in [0.2, 0.25) is 17.6 Å². The van der Waals surface area contributed by atoms with E-state index in [9.17, 15) is 19.2 Å². The fraction of sp³-hybridized carbons (Fsp3) is 0.395. The van der Waals surface area contributed by atoms with Crippen LogP contribution in [-0.2, 0) is 25.5 Å². The highest BCUT2D eigenvalue weighted by Crippen LogP contribution is 2.29. The fourth-order valence-electron chi connectivity index (χ4n) is 6.09. The molecule has 1 fully saturated rings. The van der Waals surface area contributed by atoms with E-state index in [1.165, 1.54) is 7.11 Å². The molecule has 13 heteroatoms. The summed E-state index contributed by atoms with van der Waals surface area (Å²) in [5.41, 5.74) is 4.64. The number of esters is 1. The number of ether oxygens (including phenoxy) is 2. The molecule has 4 N–H and O–H groups in total. The monoisotopic (exact) mass is 695 g/mol. The first-order valence-electron chi connectivity index (χ1n) is 17.1. The van der Waals surface area contributed by atoms with Crippen LogP contribution in [0.4, 0.5) is 10.5 Å². The van der Waals surface area contributed by atoms with Crippen molar-refractivity contribution in [2.45, 2.75) is 71.4 Å². The number of anilines is 1. The van der Waals surface area contributed by atoms with E-state index < -0.39 is 23.7 Å². The second-order valence-corrected chi connectivity index (χ2v) is 13.9. The van der Waals surface area contributed by atoms with Crippen LogP contribution < -0.4 is 16.0 Å². The molecule has 1 aliphatic carbocycles. The van der Waals surface area contributed by atoms with Gasteiger partial charge in [-0.1, -0.05) is 36.4 Å². The molecule has 1 heterocycles. The lowest BCUT2D eigenvalue weighted by Gasteiger charge is -2.29. The van der Waals surface area contributed by atoms with Crippen molar-refractivity contribution in [2.75, 3.05) is 19.0 Å². The van der Waals surface area contributed by atoms with Gasteiger partial charge in [0, 0.05) is 30.1 Å². The summed E-state index contributed by atoms with van der Waals surface area (Å²) in [4.78, 5) is 51.7. The van der Waals surface area contributed by atoms with Crippen molar-refractivity contribution in [3.8, 4) is 22.5 Å².